The van der Waals surface area contributed by atoms with E-state index in [-0.39, 0.29) is 17.7 Å². The van der Waals surface area contributed by atoms with Crippen LogP contribution in [0.25, 0.3) is 11.3 Å². The van der Waals surface area contributed by atoms with Crippen molar-refractivity contribution in [2.45, 2.75) is 30.7 Å². The fourth-order valence-electron chi connectivity index (χ4n) is 4.16. The predicted octanol–water partition coefficient (Wildman–Crippen LogP) is 4.36. The fourth-order valence-corrected chi connectivity index (χ4v) is 7.61. The lowest BCUT2D eigenvalue weighted by atomic mass is 10.1. The summed E-state index contributed by atoms with van der Waals surface area (Å²) in [4.78, 5) is 44.0. The van der Waals surface area contributed by atoms with E-state index in [2.05, 4.69) is 15.6 Å². The molecule has 32 heavy (non-hydrogen) atoms. The van der Waals surface area contributed by atoms with Gasteiger partial charge in [0.1, 0.15) is 10.9 Å². The van der Waals surface area contributed by atoms with Gasteiger partial charge in [0.2, 0.25) is 17.7 Å². The van der Waals surface area contributed by atoms with Crippen LogP contribution < -0.4 is 10.6 Å². The van der Waals surface area contributed by atoms with E-state index in [1.54, 1.807) is 28.0 Å². The summed E-state index contributed by atoms with van der Waals surface area (Å²) in [6, 6.07) is 10.9. The van der Waals surface area contributed by atoms with E-state index in [1.165, 1.54) is 18.3 Å². The number of fused-ring (bicyclic) bond motifs is 1. The van der Waals surface area contributed by atoms with Crippen molar-refractivity contribution in [3.8, 4) is 11.3 Å². The van der Waals surface area contributed by atoms with E-state index in [0.717, 1.165) is 22.6 Å². The molecule has 10 heteroatoms. The first-order chi connectivity index (χ1) is 15.5. The molecule has 2 aliphatic rings. The largest absolute Gasteiger partial charge is 0.326 e. The van der Waals surface area contributed by atoms with E-state index in [1.807, 2.05) is 47.2 Å². The Kier molecular flexibility index (Phi) is 5.52. The molecule has 2 saturated heterocycles. The Labute approximate surface area is 197 Å². The van der Waals surface area contributed by atoms with Crippen molar-refractivity contribution in [3.05, 3.63) is 52.0 Å². The summed E-state index contributed by atoms with van der Waals surface area (Å²) in [7, 11) is 0. The molecule has 0 bridgehead atoms. The number of amides is 3. The average Bonchev–Trinajstić information content (AvgIpc) is 3.54. The van der Waals surface area contributed by atoms with Gasteiger partial charge in [0.25, 0.3) is 0 Å². The third-order valence-electron chi connectivity index (χ3n) is 5.57. The van der Waals surface area contributed by atoms with Crippen molar-refractivity contribution < 1.29 is 14.4 Å². The van der Waals surface area contributed by atoms with Gasteiger partial charge < -0.3 is 15.5 Å². The van der Waals surface area contributed by atoms with Gasteiger partial charge in [-0.15, -0.1) is 34.4 Å². The Morgan fingerprint density at radius 2 is 1.97 bits per heavy atom. The molecule has 2 aliphatic heterocycles. The van der Waals surface area contributed by atoms with Crippen molar-refractivity contribution in [2.75, 3.05) is 16.4 Å². The maximum Gasteiger partial charge on any atom is 0.249 e. The van der Waals surface area contributed by atoms with Gasteiger partial charge >= 0.3 is 0 Å². The van der Waals surface area contributed by atoms with Gasteiger partial charge in [-0.05, 0) is 30.0 Å². The number of thioether (sulfide) groups is 1. The highest BCUT2D eigenvalue weighted by Gasteiger charge is 2.57. The monoisotopic (exact) mass is 484 g/mol. The zero-order valence-corrected chi connectivity index (χ0v) is 19.6. The van der Waals surface area contributed by atoms with Gasteiger partial charge in [0.05, 0.1) is 5.69 Å². The van der Waals surface area contributed by atoms with Crippen LogP contribution in [0.1, 0.15) is 24.6 Å². The maximum atomic E-state index is 13.1. The molecule has 5 rings (SSSR count). The minimum Gasteiger partial charge on any atom is -0.326 e. The molecule has 4 heterocycles. The van der Waals surface area contributed by atoms with Crippen LogP contribution in [0.4, 0.5) is 10.8 Å². The van der Waals surface area contributed by atoms with Crippen LogP contribution in [-0.4, -0.2) is 39.4 Å². The average molecular weight is 485 g/mol. The van der Waals surface area contributed by atoms with Crippen molar-refractivity contribution in [1.82, 2.24) is 9.88 Å². The van der Waals surface area contributed by atoms with E-state index in [0.29, 0.717) is 23.0 Å². The molecular formula is C22H20N4O3S3. The van der Waals surface area contributed by atoms with Crippen molar-refractivity contribution in [1.29, 1.82) is 0 Å². The van der Waals surface area contributed by atoms with Crippen molar-refractivity contribution >= 4 is 63.0 Å². The Morgan fingerprint density at radius 1 is 1.16 bits per heavy atom. The smallest absolute Gasteiger partial charge is 0.249 e. The third-order valence-corrected chi connectivity index (χ3v) is 9.06. The quantitative estimate of drug-likeness (QED) is 0.562. The minimum absolute atomic E-state index is 0.0302. The zero-order chi connectivity index (χ0) is 22.3. The third kappa shape index (κ3) is 3.72. The summed E-state index contributed by atoms with van der Waals surface area (Å²) in [5, 5.41) is 10.0. The highest BCUT2D eigenvalue weighted by molar-refractivity contribution is 8.00. The molecule has 2 N–H and O–H groups in total. The normalized spacial score (nSPS) is 22.1. The number of thiophene rings is 1. The second-order valence-electron chi connectivity index (χ2n) is 7.64. The number of benzene rings is 1. The first kappa shape index (κ1) is 21.2. The Hall–Kier alpha value is -2.69. The van der Waals surface area contributed by atoms with E-state index in [9.17, 15) is 14.4 Å². The molecular weight excluding hydrogens is 464 g/mol. The second kappa shape index (κ2) is 8.34. The molecule has 2 fully saturated rings. The Bertz CT molecular complexity index is 1180. The van der Waals surface area contributed by atoms with Crippen LogP contribution in [0.2, 0.25) is 0 Å². The number of carbonyl (C=O) groups excluding carboxylic acids is 3. The fraction of sp³-hybridized carbons (Fsp3) is 0.273. The molecule has 0 radical (unpaired) electrons. The molecule has 2 aromatic heterocycles. The number of aromatic nitrogens is 1. The molecule has 2 atom stereocenters. The van der Waals surface area contributed by atoms with Gasteiger partial charge in [0, 0.05) is 40.6 Å². The number of anilines is 2. The Balaban J connectivity index is 1.30. The molecule has 7 nitrogen and oxygen atoms in total. The molecule has 0 aliphatic carbocycles. The van der Waals surface area contributed by atoms with Gasteiger partial charge in [0.15, 0.2) is 5.13 Å². The highest BCUT2D eigenvalue weighted by atomic mass is 32.2. The van der Waals surface area contributed by atoms with Crippen LogP contribution in [0.15, 0.2) is 47.2 Å². The number of thiazole rings is 1. The maximum absolute atomic E-state index is 13.1. The minimum atomic E-state index is -0.513. The molecule has 1 aromatic carbocycles. The summed E-state index contributed by atoms with van der Waals surface area (Å²) in [5.41, 5.74) is 2.35. The van der Waals surface area contributed by atoms with Gasteiger partial charge in [-0.25, -0.2) is 4.98 Å². The summed E-state index contributed by atoms with van der Waals surface area (Å²) in [6.07, 6.45) is 1.20. The number of hydrogen-bond acceptors (Lipinski definition) is 7. The lowest BCUT2D eigenvalue weighted by Crippen LogP contribution is -2.47. The molecule has 0 saturated carbocycles. The SMILES string of the molecule is CC(=O)Nc1ccc(-c2csc(NC(=O)[C@H]3CS[C@@]4(c5cccs5)CCC(=O)N34)n2)cc1. The summed E-state index contributed by atoms with van der Waals surface area (Å²) in [6.45, 7) is 1.46. The van der Waals surface area contributed by atoms with Gasteiger partial charge in [-0.1, -0.05) is 18.2 Å². The number of carbonyl (C=O) groups is 3. The topological polar surface area (TPSA) is 91.4 Å². The lowest BCUT2D eigenvalue weighted by Gasteiger charge is -2.32. The van der Waals surface area contributed by atoms with Crippen LogP contribution in [0, 0.1) is 0 Å². The highest BCUT2D eigenvalue weighted by Crippen LogP contribution is 2.55. The number of rotatable bonds is 5. The Morgan fingerprint density at radius 3 is 2.69 bits per heavy atom. The first-order valence-corrected chi connectivity index (χ1v) is 12.9. The summed E-state index contributed by atoms with van der Waals surface area (Å²) >= 11 is 4.66. The van der Waals surface area contributed by atoms with Crippen LogP contribution in [0.5, 0.6) is 0 Å². The van der Waals surface area contributed by atoms with Crippen LogP contribution in [-0.2, 0) is 19.3 Å². The van der Waals surface area contributed by atoms with Crippen molar-refractivity contribution in [2.24, 2.45) is 0 Å². The molecule has 0 spiro atoms. The number of nitrogens with zero attached hydrogens (tertiary/aromatic N) is 2. The summed E-state index contributed by atoms with van der Waals surface area (Å²) < 4.78 is 0. The standard InChI is InChI=1S/C22H20N4O3S3/c1-13(27)23-15-6-4-14(5-7-15)16-11-31-21(24-16)25-20(29)17-12-32-22(18-3-2-10-30-18)9-8-19(28)26(17)22/h2-7,10-11,17H,8-9,12H2,1H3,(H,23,27)(H,24,25,29)/t17-,22-/m1/s1. The van der Waals surface area contributed by atoms with E-state index < -0.39 is 10.9 Å². The van der Waals surface area contributed by atoms with E-state index in [4.69, 9.17) is 0 Å². The second-order valence-corrected chi connectivity index (χ2v) is 10.7. The van der Waals surface area contributed by atoms with Gasteiger partial charge in [-0.2, -0.15) is 0 Å². The van der Waals surface area contributed by atoms with E-state index >= 15 is 0 Å². The zero-order valence-electron chi connectivity index (χ0n) is 17.2. The summed E-state index contributed by atoms with van der Waals surface area (Å²) in [5.74, 6) is 0.273. The molecule has 164 valence electrons. The number of hydrogen-bond donors (Lipinski definition) is 2. The van der Waals surface area contributed by atoms with Crippen LogP contribution >= 0.6 is 34.4 Å². The molecule has 0 unspecified atom stereocenters. The van der Waals surface area contributed by atoms with Crippen molar-refractivity contribution in [3.63, 3.8) is 0 Å². The van der Waals surface area contributed by atoms with Gasteiger partial charge in [-0.3, -0.25) is 14.4 Å². The molecule has 3 aromatic rings. The first-order valence-electron chi connectivity index (χ1n) is 10.1. The predicted molar refractivity (Wildman–Crippen MR) is 129 cm³/mol. The lowest BCUT2D eigenvalue weighted by molar-refractivity contribution is -0.136. The van der Waals surface area contributed by atoms with Crippen LogP contribution in [0.3, 0.4) is 0 Å². The molecule has 3 amide bonds. The number of nitrogens with one attached hydrogen (secondary N) is 2.